The van der Waals surface area contributed by atoms with E-state index in [1.54, 1.807) is 22.7 Å². The van der Waals surface area contributed by atoms with Gasteiger partial charge in [-0.1, -0.05) is 12.1 Å². The van der Waals surface area contributed by atoms with Crippen LogP contribution in [0.2, 0.25) is 0 Å². The second-order valence-electron chi connectivity index (χ2n) is 10.5. The van der Waals surface area contributed by atoms with Gasteiger partial charge in [-0.25, -0.2) is 9.18 Å². The molecule has 3 fully saturated rings. The van der Waals surface area contributed by atoms with Crippen LogP contribution in [0.1, 0.15) is 57.1 Å². The molecule has 6 nitrogen and oxygen atoms in total. The van der Waals surface area contributed by atoms with Crippen molar-refractivity contribution in [2.24, 2.45) is 0 Å². The second kappa shape index (κ2) is 9.82. The number of likely N-dealkylation sites (tertiary alicyclic amines) is 2. The first kappa shape index (κ1) is 24.3. The minimum atomic E-state index is -0.599. The lowest BCUT2D eigenvalue weighted by atomic mass is 9.88. The molecule has 1 aromatic carbocycles. The van der Waals surface area contributed by atoms with Gasteiger partial charge in [0.1, 0.15) is 17.5 Å². The Morgan fingerprint density at radius 2 is 1.88 bits per heavy atom. The zero-order chi connectivity index (χ0) is 23.8. The van der Waals surface area contributed by atoms with Crippen LogP contribution in [0.4, 0.5) is 9.18 Å². The van der Waals surface area contributed by atoms with Gasteiger partial charge in [0.05, 0.1) is 5.88 Å². The standard InChI is InChI=1S/C25H36FN3O3S/c1-17-13-19(5-6-21(17)26)18-7-9-27(10-8-18)20-14-22(23(30)28-11-12-33-16-28)29(15-20)24(31)32-25(2,3)4/h5-6,13,18,20,22H,7-12,14-16H2,1-4H3/t20-,22-/m0/s1. The van der Waals surface area contributed by atoms with Crippen LogP contribution in [0, 0.1) is 12.7 Å². The van der Waals surface area contributed by atoms with Crippen molar-refractivity contribution >= 4 is 23.8 Å². The van der Waals surface area contributed by atoms with Crippen LogP contribution in [0.15, 0.2) is 18.2 Å². The number of ether oxygens (including phenoxy) is 1. The highest BCUT2D eigenvalue weighted by molar-refractivity contribution is 7.99. The zero-order valence-electron chi connectivity index (χ0n) is 20.2. The second-order valence-corrected chi connectivity index (χ2v) is 11.6. The molecular weight excluding hydrogens is 441 g/mol. The summed E-state index contributed by atoms with van der Waals surface area (Å²) in [7, 11) is 0. The monoisotopic (exact) mass is 477 g/mol. The molecule has 0 unspecified atom stereocenters. The van der Waals surface area contributed by atoms with Crippen LogP contribution in [0.25, 0.3) is 0 Å². The van der Waals surface area contributed by atoms with Crippen LogP contribution in [-0.2, 0) is 9.53 Å². The van der Waals surface area contributed by atoms with Gasteiger partial charge >= 0.3 is 6.09 Å². The van der Waals surface area contributed by atoms with Crippen molar-refractivity contribution in [3.8, 4) is 0 Å². The van der Waals surface area contributed by atoms with E-state index in [1.165, 1.54) is 5.56 Å². The summed E-state index contributed by atoms with van der Waals surface area (Å²) in [6.45, 7) is 10.5. The quantitative estimate of drug-likeness (QED) is 0.652. The number of hydrogen-bond acceptors (Lipinski definition) is 5. The maximum atomic E-state index is 13.7. The first-order chi connectivity index (χ1) is 15.6. The number of amides is 2. The number of piperidine rings is 1. The molecule has 2 amide bonds. The van der Waals surface area contributed by atoms with Crippen LogP contribution in [0.5, 0.6) is 0 Å². The zero-order valence-corrected chi connectivity index (χ0v) is 21.0. The highest BCUT2D eigenvalue weighted by Gasteiger charge is 2.45. The molecule has 0 N–H and O–H groups in total. The summed E-state index contributed by atoms with van der Waals surface area (Å²) >= 11 is 1.75. The summed E-state index contributed by atoms with van der Waals surface area (Å²) in [5.41, 5.74) is 1.30. The Bertz CT molecular complexity index is 876. The van der Waals surface area contributed by atoms with E-state index in [1.807, 2.05) is 44.7 Å². The van der Waals surface area contributed by atoms with Crippen LogP contribution in [0.3, 0.4) is 0 Å². The van der Waals surface area contributed by atoms with Gasteiger partial charge in [-0.2, -0.15) is 0 Å². The number of rotatable bonds is 3. The minimum Gasteiger partial charge on any atom is -0.444 e. The maximum absolute atomic E-state index is 13.7. The van der Waals surface area contributed by atoms with E-state index >= 15 is 0 Å². The Morgan fingerprint density at radius 1 is 1.15 bits per heavy atom. The Labute approximate surface area is 200 Å². The lowest BCUT2D eigenvalue weighted by molar-refractivity contribution is -0.134. The molecule has 0 aromatic heterocycles. The lowest BCUT2D eigenvalue weighted by Crippen LogP contribution is -2.48. The molecule has 0 spiro atoms. The summed E-state index contributed by atoms with van der Waals surface area (Å²) in [4.78, 5) is 32.2. The third-order valence-corrected chi connectivity index (χ3v) is 7.92. The summed E-state index contributed by atoms with van der Waals surface area (Å²) in [6, 6.07) is 5.14. The van der Waals surface area contributed by atoms with Gasteiger partial charge in [0, 0.05) is 24.9 Å². The van der Waals surface area contributed by atoms with Crippen molar-refractivity contribution in [1.82, 2.24) is 14.7 Å². The van der Waals surface area contributed by atoms with Crippen molar-refractivity contribution in [3.63, 3.8) is 0 Å². The highest BCUT2D eigenvalue weighted by Crippen LogP contribution is 2.33. The number of nitrogens with zero attached hydrogens (tertiary/aromatic N) is 3. The van der Waals surface area contributed by atoms with Gasteiger partial charge in [-0.3, -0.25) is 14.6 Å². The van der Waals surface area contributed by atoms with E-state index in [2.05, 4.69) is 4.90 Å². The normalized spacial score (nSPS) is 25.0. The fourth-order valence-corrected chi connectivity index (χ4v) is 6.11. The summed E-state index contributed by atoms with van der Waals surface area (Å²) in [6.07, 6.45) is 2.25. The van der Waals surface area contributed by atoms with Crippen molar-refractivity contribution in [2.75, 3.05) is 37.8 Å². The molecule has 33 heavy (non-hydrogen) atoms. The van der Waals surface area contributed by atoms with Crippen LogP contribution < -0.4 is 0 Å². The molecule has 8 heteroatoms. The maximum Gasteiger partial charge on any atom is 0.411 e. The molecular formula is C25H36FN3O3S. The van der Waals surface area contributed by atoms with Gasteiger partial charge < -0.3 is 9.64 Å². The third kappa shape index (κ3) is 5.65. The summed E-state index contributed by atoms with van der Waals surface area (Å²) in [5, 5.41) is 0. The fraction of sp³-hybridized carbons (Fsp3) is 0.680. The van der Waals surface area contributed by atoms with E-state index in [4.69, 9.17) is 4.74 Å². The van der Waals surface area contributed by atoms with Gasteiger partial charge in [0.25, 0.3) is 0 Å². The molecule has 4 rings (SSSR count). The number of halogens is 1. The Hall–Kier alpha value is -1.80. The van der Waals surface area contributed by atoms with E-state index in [-0.39, 0.29) is 17.8 Å². The molecule has 0 bridgehead atoms. The summed E-state index contributed by atoms with van der Waals surface area (Å²) in [5.74, 6) is 1.96. The number of carbonyl (C=O) groups excluding carboxylic acids is 2. The van der Waals surface area contributed by atoms with Gasteiger partial charge in [0.2, 0.25) is 5.91 Å². The van der Waals surface area contributed by atoms with Gasteiger partial charge in [-0.05, 0) is 83.2 Å². The molecule has 0 saturated carbocycles. The number of benzene rings is 1. The highest BCUT2D eigenvalue weighted by atomic mass is 32.2. The number of hydrogen-bond donors (Lipinski definition) is 0. The number of thioether (sulfide) groups is 1. The van der Waals surface area contributed by atoms with E-state index in [0.717, 1.165) is 38.2 Å². The van der Waals surface area contributed by atoms with Crippen LogP contribution >= 0.6 is 11.8 Å². The number of aryl methyl sites for hydroxylation is 1. The van der Waals surface area contributed by atoms with Crippen molar-refractivity contribution in [3.05, 3.63) is 35.1 Å². The first-order valence-corrected chi connectivity index (χ1v) is 13.1. The van der Waals surface area contributed by atoms with Crippen molar-refractivity contribution in [1.29, 1.82) is 0 Å². The molecule has 3 saturated heterocycles. The Morgan fingerprint density at radius 3 is 2.48 bits per heavy atom. The summed E-state index contributed by atoms with van der Waals surface area (Å²) < 4.78 is 19.3. The molecule has 3 aliphatic rings. The molecule has 0 radical (unpaired) electrons. The predicted octanol–water partition coefficient (Wildman–Crippen LogP) is 4.22. The predicted molar refractivity (Wildman–Crippen MR) is 129 cm³/mol. The fourth-order valence-electron chi connectivity index (χ4n) is 5.15. The smallest absolute Gasteiger partial charge is 0.411 e. The molecule has 0 aliphatic carbocycles. The molecule has 3 aliphatic heterocycles. The van der Waals surface area contributed by atoms with Crippen LogP contribution in [-0.4, -0.2) is 82.2 Å². The number of carbonyl (C=O) groups is 2. The van der Waals surface area contributed by atoms with Crippen molar-refractivity contribution < 1.29 is 18.7 Å². The molecule has 2 atom stereocenters. The Kier molecular flexibility index (Phi) is 7.24. The van der Waals surface area contributed by atoms with E-state index in [9.17, 15) is 14.0 Å². The third-order valence-electron chi connectivity index (χ3n) is 6.96. The van der Waals surface area contributed by atoms with Gasteiger partial charge in [-0.15, -0.1) is 11.8 Å². The van der Waals surface area contributed by atoms with E-state index < -0.39 is 17.7 Å². The van der Waals surface area contributed by atoms with Crippen molar-refractivity contribution in [2.45, 2.75) is 70.6 Å². The largest absolute Gasteiger partial charge is 0.444 e. The van der Waals surface area contributed by atoms with E-state index in [0.29, 0.717) is 30.3 Å². The van der Waals surface area contributed by atoms with Gasteiger partial charge in [0.15, 0.2) is 0 Å². The molecule has 182 valence electrons. The topological polar surface area (TPSA) is 53.1 Å². The SMILES string of the molecule is Cc1cc(C2CCN([C@H]3C[C@@H](C(=O)N4CCSC4)N(C(=O)OC(C)(C)C)C3)CC2)ccc1F. The average molecular weight is 478 g/mol. The Balaban J connectivity index is 1.42. The average Bonchev–Trinajstić information content (AvgIpc) is 3.45. The lowest BCUT2D eigenvalue weighted by Gasteiger charge is -2.36. The first-order valence-electron chi connectivity index (χ1n) is 12.0. The minimum absolute atomic E-state index is 0.0463. The molecule has 1 aromatic rings. The molecule has 3 heterocycles.